The highest BCUT2D eigenvalue weighted by Crippen LogP contribution is 1.97. The Kier molecular flexibility index (Phi) is 1.80. The summed E-state index contributed by atoms with van der Waals surface area (Å²) in [7, 11) is 0. The Labute approximate surface area is 54.2 Å². The maximum absolute atomic E-state index is 4.08. The maximum Gasteiger partial charge on any atom is 0.0689 e. The number of rotatable bonds is 0. The van der Waals surface area contributed by atoms with Crippen molar-refractivity contribution in [2.24, 2.45) is 0 Å². The van der Waals surface area contributed by atoms with Crippen molar-refractivity contribution in [1.29, 1.82) is 0 Å². The van der Waals surface area contributed by atoms with Crippen molar-refractivity contribution in [3.63, 3.8) is 0 Å². The standard InChI is InChI=1S/C6H7NS/c8-6-4-2-1-3-5-7-6/h1-5,7-8H. The number of hydrogen-bond donors (Lipinski definition) is 2. The van der Waals surface area contributed by atoms with Gasteiger partial charge in [-0.1, -0.05) is 12.2 Å². The summed E-state index contributed by atoms with van der Waals surface area (Å²) in [5, 5.41) is 3.80. The molecule has 1 aliphatic rings. The molecule has 0 bridgehead atoms. The monoisotopic (exact) mass is 125 g/mol. The largest absolute Gasteiger partial charge is 0.357 e. The Morgan fingerprint density at radius 2 is 2.12 bits per heavy atom. The molecule has 0 atom stereocenters. The van der Waals surface area contributed by atoms with Gasteiger partial charge in [0.1, 0.15) is 0 Å². The fourth-order valence-corrected chi connectivity index (χ4v) is 0.609. The Morgan fingerprint density at radius 1 is 1.25 bits per heavy atom. The van der Waals surface area contributed by atoms with Crippen molar-refractivity contribution in [3.8, 4) is 0 Å². The van der Waals surface area contributed by atoms with Crippen molar-refractivity contribution in [3.05, 3.63) is 35.5 Å². The van der Waals surface area contributed by atoms with Crippen LogP contribution in [0.15, 0.2) is 35.5 Å². The van der Waals surface area contributed by atoms with Gasteiger partial charge < -0.3 is 5.32 Å². The molecular formula is C6H7NS. The Hall–Kier alpha value is -0.630. The fourth-order valence-electron chi connectivity index (χ4n) is 0.448. The van der Waals surface area contributed by atoms with E-state index < -0.39 is 0 Å². The summed E-state index contributed by atoms with van der Waals surface area (Å²) in [5.41, 5.74) is 0. The lowest BCUT2D eigenvalue weighted by Gasteiger charge is -1.91. The van der Waals surface area contributed by atoms with Gasteiger partial charge in [-0.15, -0.1) is 12.6 Å². The van der Waals surface area contributed by atoms with Crippen LogP contribution in [0.2, 0.25) is 0 Å². The van der Waals surface area contributed by atoms with Crippen molar-refractivity contribution < 1.29 is 0 Å². The van der Waals surface area contributed by atoms with E-state index in [0.717, 1.165) is 5.03 Å². The first kappa shape index (κ1) is 5.51. The molecule has 0 fully saturated rings. The van der Waals surface area contributed by atoms with E-state index in [9.17, 15) is 0 Å². The van der Waals surface area contributed by atoms with E-state index in [-0.39, 0.29) is 0 Å². The van der Waals surface area contributed by atoms with Gasteiger partial charge >= 0.3 is 0 Å². The summed E-state index contributed by atoms with van der Waals surface area (Å²) in [4.78, 5) is 0. The summed E-state index contributed by atoms with van der Waals surface area (Å²) >= 11 is 4.08. The zero-order valence-electron chi connectivity index (χ0n) is 4.33. The van der Waals surface area contributed by atoms with Crippen LogP contribution in [-0.4, -0.2) is 0 Å². The summed E-state index contributed by atoms with van der Waals surface area (Å²) in [6.45, 7) is 0. The average Bonchev–Trinajstić information content (AvgIpc) is 1.94. The minimum atomic E-state index is 0.870. The van der Waals surface area contributed by atoms with E-state index >= 15 is 0 Å². The third-order valence-corrected chi connectivity index (χ3v) is 1.08. The summed E-state index contributed by atoms with van der Waals surface area (Å²) in [5.74, 6) is 0. The molecule has 0 saturated carbocycles. The first-order valence-corrected chi connectivity index (χ1v) is 2.83. The number of thiol groups is 1. The van der Waals surface area contributed by atoms with Crippen molar-refractivity contribution in [2.75, 3.05) is 0 Å². The smallest absolute Gasteiger partial charge is 0.0689 e. The van der Waals surface area contributed by atoms with Gasteiger partial charge in [-0.3, -0.25) is 0 Å². The van der Waals surface area contributed by atoms with Gasteiger partial charge in [-0.05, 0) is 12.2 Å². The molecule has 0 aromatic rings. The highest BCUT2D eigenvalue weighted by molar-refractivity contribution is 7.84. The van der Waals surface area contributed by atoms with Gasteiger partial charge in [-0.25, -0.2) is 0 Å². The fraction of sp³-hybridized carbons (Fsp3) is 0. The van der Waals surface area contributed by atoms with Gasteiger partial charge in [0.25, 0.3) is 0 Å². The number of hydrogen-bond acceptors (Lipinski definition) is 2. The third kappa shape index (κ3) is 1.46. The van der Waals surface area contributed by atoms with Crippen molar-refractivity contribution in [2.45, 2.75) is 0 Å². The van der Waals surface area contributed by atoms with Gasteiger partial charge in [0, 0.05) is 6.20 Å². The van der Waals surface area contributed by atoms with Crippen LogP contribution in [0.1, 0.15) is 0 Å². The van der Waals surface area contributed by atoms with E-state index in [1.165, 1.54) is 0 Å². The minimum absolute atomic E-state index is 0.870. The van der Waals surface area contributed by atoms with E-state index in [2.05, 4.69) is 17.9 Å². The zero-order chi connectivity index (χ0) is 5.82. The quantitative estimate of drug-likeness (QED) is 0.467. The van der Waals surface area contributed by atoms with E-state index in [4.69, 9.17) is 0 Å². The normalized spacial score (nSPS) is 16.9. The summed E-state index contributed by atoms with van der Waals surface area (Å²) in [6.07, 6.45) is 9.51. The number of allylic oxidation sites excluding steroid dienone is 4. The first-order chi connectivity index (χ1) is 3.89. The molecule has 0 unspecified atom stereocenters. The molecule has 0 spiro atoms. The van der Waals surface area contributed by atoms with Crippen LogP contribution >= 0.6 is 12.6 Å². The van der Waals surface area contributed by atoms with Crippen molar-refractivity contribution in [1.82, 2.24) is 5.32 Å². The predicted octanol–water partition coefficient (Wildman–Crippen LogP) is 1.43. The molecule has 0 amide bonds. The minimum Gasteiger partial charge on any atom is -0.357 e. The first-order valence-electron chi connectivity index (χ1n) is 2.38. The third-order valence-electron chi connectivity index (χ3n) is 0.804. The number of nitrogens with one attached hydrogen (secondary N) is 1. The van der Waals surface area contributed by atoms with E-state index in [1.807, 2.05) is 30.5 Å². The molecule has 0 aromatic carbocycles. The second-order valence-electron chi connectivity index (χ2n) is 1.44. The molecule has 1 aliphatic heterocycles. The topological polar surface area (TPSA) is 12.0 Å². The van der Waals surface area contributed by atoms with Gasteiger partial charge in [-0.2, -0.15) is 0 Å². The average molecular weight is 125 g/mol. The molecule has 0 aliphatic carbocycles. The Bertz CT molecular complexity index is 156. The molecule has 42 valence electrons. The zero-order valence-corrected chi connectivity index (χ0v) is 5.23. The maximum atomic E-state index is 4.08. The van der Waals surface area contributed by atoms with Gasteiger partial charge in [0.15, 0.2) is 0 Å². The summed E-state index contributed by atoms with van der Waals surface area (Å²) < 4.78 is 0. The molecule has 2 heteroatoms. The summed E-state index contributed by atoms with van der Waals surface area (Å²) in [6, 6.07) is 0. The van der Waals surface area contributed by atoms with Crippen molar-refractivity contribution >= 4 is 12.6 Å². The highest BCUT2D eigenvalue weighted by atomic mass is 32.1. The van der Waals surface area contributed by atoms with E-state index in [1.54, 1.807) is 0 Å². The van der Waals surface area contributed by atoms with Crippen LogP contribution in [0.5, 0.6) is 0 Å². The molecule has 1 rings (SSSR count). The lowest BCUT2D eigenvalue weighted by Crippen LogP contribution is -1.95. The predicted molar refractivity (Wildman–Crippen MR) is 38.5 cm³/mol. The molecular weight excluding hydrogens is 118 g/mol. The lowest BCUT2D eigenvalue weighted by atomic mass is 10.5. The molecule has 1 heterocycles. The van der Waals surface area contributed by atoms with Gasteiger partial charge in [0.05, 0.1) is 5.03 Å². The van der Waals surface area contributed by atoms with Crippen LogP contribution in [0.4, 0.5) is 0 Å². The molecule has 0 radical (unpaired) electrons. The van der Waals surface area contributed by atoms with E-state index in [0.29, 0.717) is 0 Å². The molecule has 0 aromatic heterocycles. The SMILES string of the molecule is SC1=CC=CC=CN1. The van der Waals surface area contributed by atoms with Crippen LogP contribution in [0.25, 0.3) is 0 Å². The second kappa shape index (κ2) is 2.62. The van der Waals surface area contributed by atoms with Crippen LogP contribution in [0, 0.1) is 0 Å². The Morgan fingerprint density at radius 3 is 3.00 bits per heavy atom. The second-order valence-corrected chi connectivity index (χ2v) is 1.92. The van der Waals surface area contributed by atoms with Crippen LogP contribution in [0.3, 0.4) is 0 Å². The molecule has 8 heavy (non-hydrogen) atoms. The highest BCUT2D eigenvalue weighted by Gasteiger charge is 1.81. The van der Waals surface area contributed by atoms with Crippen LogP contribution < -0.4 is 5.32 Å². The van der Waals surface area contributed by atoms with Gasteiger partial charge in [0.2, 0.25) is 0 Å². The lowest BCUT2D eigenvalue weighted by molar-refractivity contribution is 1.18. The Balaban J connectivity index is 2.69. The van der Waals surface area contributed by atoms with Crippen LogP contribution in [-0.2, 0) is 0 Å². The molecule has 0 saturated heterocycles. The molecule has 1 nitrogen and oxygen atoms in total. The molecule has 1 N–H and O–H groups in total.